The molecule has 0 atom stereocenters. The van der Waals surface area contributed by atoms with Gasteiger partial charge in [0.15, 0.2) is 0 Å². The van der Waals surface area contributed by atoms with Crippen LogP contribution >= 0.6 is 0 Å². The van der Waals surface area contributed by atoms with Crippen LogP contribution in [-0.4, -0.2) is 39.9 Å². The van der Waals surface area contributed by atoms with Crippen LogP contribution < -0.4 is 42.8 Å². The summed E-state index contributed by atoms with van der Waals surface area (Å²) in [5.41, 5.74) is 36.8. The Balaban J connectivity index is 1.36. The summed E-state index contributed by atoms with van der Waals surface area (Å²) in [6, 6.07) is 0. The van der Waals surface area contributed by atoms with E-state index in [-0.39, 0.29) is 0 Å². The molecule has 0 radical (unpaired) electrons. The lowest BCUT2D eigenvalue weighted by Crippen LogP contribution is -2.20. The van der Waals surface area contributed by atoms with Crippen LogP contribution in [0, 0.1) is 0 Å². The van der Waals surface area contributed by atoms with Gasteiger partial charge in [0.05, 0.1) is 0 Å². The quantitative estimate of drug-likeness (QED) is 0.0393. The summed E-state index contributed by atoms with van der Waals surface area (Å²) in [6.45, 7) is 39.9. The van der Waals surface area contributed by atoms with Gasteiger partial charge in [-0.25, -0.2) is 0 Å². The fourth-order valence-corrected chi connectivity index (χ4v) is 16.0. The van der Waals surface area contributed by atoms with Gasteiger partial charge in [0.25, 0.3) is 0 Å². The minimum absolute atomic E-state index is 0.830. The third-order valence-electron chi connectivity index (χ3n) is 19.8. The van der Waals surface area contributed by atoms with Crippen molar-refractivity contribution in [2.24, 2.45) is 0 Å². The smallest absolute Gasteiger partial charge is 0.0473 e. The average Bonchev–Trinajstić information content (AvgIpc) is 3.15. The predicted octanol–water partition coefficient (Wildman–Crippen LogP) is 11.2. The normalized spacial score (nSPS) is 13.2. The van der Waals surface area contributed by atoms with E-state index in [2.05, 4.69) is 188 Å². The van der Waals surface area contributed by atoms with Gasteiger partial charge in [-0.1, -0.05) is 111 Å². The molecule has 8 nitrogen and oxygen atoms in total. The van der Waals surface area contributed by atoms with Gasteiger partial charge in [-0.15, -0.1) is 0 Å². The molecular weight excluding hydrogens is 1010 g/mol. The number of rotatable bonds is 19. The van der Waals surface area contributed by atoms with Crippen molar-refractivity contribution < 1.29 is 0 Å². The number of nitrogens with one attached hydrogen (secondary N) is 8. The van der Waals surface area contributed by atoms with E-state index in [0.717, 1.165) is 116 Å². The molecule has 0 saturated heterocycles. The van der Waals surface area contributed by atoms with Gasteiger partial charge in [0, 0.05) is 88.3 Å². The number of hydrogen-bond acceptors (Lipinski definition) is 0. The highest BCUT2D eigenvalue weighted by molar-refractivity contribution is 5.77. The third kappa shape index (κ3) is 9.86. The Labute approximate surface area is 495 Å². The maximum absolute atomic E-state index is 4.30. The Morgan fingerprint density at radius 2 is 0.446 bits per heavy atom. The van der Waals surface area contributed by atoms with Gasteiger partial charge in [-0.05, 0) is 259 Å². The molecule has 440 valence electrons. The van der Waals surface area contributed by atoms with Gasteiger partial charge in [-0.2, -0.15) is 0 Å². The van der Waals surface area contributed by atoms with E-state index >= 15 is 0 Å². The van der Waals surface area contributed by atoms with Crippen molar-refractivity contribution in [3.05, 3.63) is 177 Å². The van der Waals surface area contributed by atoms with Crippen molar-refractivity contribution in [1.29, 1.82) is 0 Å². The highest BCUT2D eigenvalue weighted by Gasteiger charge is 2.27. The highest BCUT2D eigenvalue weighted by atomic mass is 14.8. The zero-order valence-corrected chi connectivity index (χ0v) is 54.1. The molecule has 2 aliphatic rings. The maximum atomic E-state index is 4.30. The van der Waals surface area contributed by atoms with Crippen LogP contribution in [0.4, 0.5) is 0 Å². The summed E-state index contributed by atoms with van der Waals surface area (Å²) < 4.78 is 0. The first-order valence-corrected chi connectivity index (χ1v) is 33.1. The zero-order chi connectivity index (χ0) is 59.1. The molecule has 10 heterocycles. The minimum atomic E-state index is 0.830. The molecule has 2 aliphatic heterocycles. The second-order valence-electron chi connectivity index (χ2n) is 23.5. The van der Waals surface area contributed by atoms with Crippen molar-refractivity contribution >= 4 is 47.1 Å². The maximum Gasteiger partial charge on any atom is 0.0473 e. The summed E-state index contributed by atoms with van der Waals surface area (Å²) in [5.74, 6) is 0. The Morgan fingerprint density at radius 3 is 0.759 bits per heavy atom. The van der Waals surface area contributed by atoms with Crippen molar-refractivity contribution in [1.82, 2.24) is 39.9 Å². The van der Waals surface area contributed by atoms with E-state index in [1.807, 2.05) is 0 Å². The third-order valence-corrected chi connectivity index (χ3v) is 19.8. The highest BCUT2D eigenvalue weighted by Crippen LogP contribution is 2.35. The van der Waals surface area contributed by atoms with E-state index in [4.69, 9.17) is 0 Å². The van der Waals surface area contributed by atoms with E-state index in [1.54, 1.807) is 0 Å². The van der Waals surface area contributed by atoms with Crippen LogP contribution in [0.25, 0.3) is 47.1 Å². The van der Waals surface area contributed by atoms with Crippen molar-refractivity contribution in [2.75, 3.05) is 0 Å². The molecule has 0 fully saturated rings. The van der Waals surface area contributed by atoms with Crippen LogP contribution in [-0.2, 0) is 103 Å². The SMILES string of the molecule is CCc1c2[nH]c(c1CC)C=c1[nH]c(c(CC)c1CC)=C(CCC1=c3[nH]c(c(CC)c3CC)=Cc3[nH]c(c(CC)c3CC)C(C)=c3[nH]c(c(CC)c3CC)=Cc3[nH]c1c(CC)c3CC)c1[nH]c(c(CC)c1CC)C=c1[nH]c(c(CC)c1CC)=C2. The van der Waals surface area contributed by atoms with Crippen molar-refractivity contribution in [3.8, 4) is 0 Å². The summed E-state index contributed by atoms with van der Waals surface area (Å²) in [6.07, 6.45) is 29.2. The number of hydrogen-bond donors (Lipinski definition) is 8. The van der Waals surface area contributed by atoms with Gasteiger partial charge in [0.2, 0.25) is 0 Å². The van der Waals surface area contributed by atoms with Crippen LogP contribution in [0.5, 0.6) is 0 Å². The van der Waals surface area contributed by atoms with Crippen molar-refractivity contribution in [2.45, 2.75) is 233 Å². The van der Waals surface area contributed by atoms with E-state index in [0.29, 0.717) is 0 Å². The number of H-pyrrole nitrogens is 8. The molecular formula is C75H100N8. The lowest BCUT2D eigenvalue weighted by molar-refractivity contribution is 0.979. The molecule has 0 unspecified atom stereocenters. The van der Waals surface area contributed by atoms with Gasteiger partial charge < -0.3 is 39.9 Å². The second kappa shape index (κ2) is 24.8. The van der Waals surface area contributed by atoms with Crippen molar-refractivity contribution in [3.63, 3.8) is 0 Å². The molecule has 0 amide bonds. The van der Waals surface area contributed by atoms with E-state index in [9.17, 15) is 0 Å². The molecule has 8 aromatic heterocycles. The average molecular weight is 1110 g/mol. The van der Waals surface area contributed by atoms with Gasteiger partial charge in [-0.3, -0.25) is 0 Å². The van der Waals surface area contributed by atoms with Crippen LogP contribution in [0.2, 0.25) is 0 Å². The molecule has 8 aromatic rings. The first kappa shape index (κ1) is 59.4. The molecule has 0 aliphatic carbocycles. The second-order valence-corrected chi connectivity index (χ2v) is 23.5. The van der Waals surface area contributed by atoms with E-state index in [1.165, 1.54) is 194 Å². The largest absolute Gasteiger partial charge is 0.355 e. The molecule has 0 saturated carbocycles. The fraction of sp³-hybridized carbons (Fsp3) is 0.467. The lowest BCUT2D eigenvalue weighted by atomic mass is 9.91. The Hall–Kier alpha value is -6.80. The molecule has 8 N–H and O–H groups in total. The molecule has 0 aromatic carbocycles. The van der Waals surface area contributed by atoms with Crippen LogP contribution in [0.1, 0.15) is 265 Å². The van der Waals surface area contributed by atoms with E-state index < -0.39 is 0 Å². The molecule has 8 heteroatoms. The van der Waals surface area contributed by atoms with Gasteiger partial charge in [0.1, 0.15) is 0 Å². The number of aromatic nitrogens is 8. The first-order chi connectivity index (χ1) is 40.4. The molecule has 16 bridgehead atoms. The Morgan fingerprint density at radius 1 is 0.217 bits per heavy atom. The summed E-state index contributed by atoms with van der Waals surface area (Å²) >= 11 is 0. The van der Waals surface area contributed by atoms with Gasteiger partial charge >= 0.3 is 0 Å². The number of aromatic amines is 8. The Bertz CT molecular complexity index is 4290. The Kier molecular flexibility index (Phi) is 17.7. The zero-order valence-electron chi connectivity index (χ0n) is 54.1. The fourth-order valence-electron chi connectivity index (χ4n) is 16.0. The molecule has 83 heavy (non-hydrogen) atoms. The summed E-state index contributed by atoms with van der Waals surface area (Å²) in [5, 5.41) is 9.95. The first-order valence-electron chi connectivity index (χ1n) is 33.1. The standard InChI is InChI=1S/C75H100N8/c1-18-42-44(20-3)62-37-66-48(24-7)54(30-13)72(80-66)58(73-55(31-14)49(25-8)67(81-73)38-63-45(21-4)43(19-2)61(77-63)36-60(42)76-62)34-35-59-74-56(32-15)50(26-9)68(82-74)39-64-46(22-5)52(28-11)70(78-64)41(17)71-53(29-12)47(23-6)65(79-71)40-69-51(27-10)57(33-16)75(59)83-69/h36-40,76-83H,18-35H2,1-17H3. The van der Waals surface area contributed by atoms with Crippen LogP contribution in [0.3, 0.4) is 0 Å². The molecule has 0 spiro atoms. The molecule has 10 rings (SSSR count). The summed E-state index contributed by atoms with van der Waals surface area (Å²) in [4.78, 5) is 33.5. The topological polar surface area (TPSA) is 126 Å². The minimum Gasteiger partial charge on any atom is -0.355 e. The lowest BCUT2D eigenvalue weighted by Gasteiger charge is -2.14. The monoisotopic (exact) mass is 1110 g/mol. The predicted molar refractivity (Wildman–Crippen MR) is 354 cm³/mol. The number of fused-ring (bicyclic) bond motifs is 16. The summed E-state index contributed by atoms with van der Waals surface area (Å²) in [7, 11) is 0. The van der Waals surface area contributed by atoms with Crippen LogP contribution in [0.15, 0.2) is 0 Å².